The number of rotatable bonds is 9. The first-order chi connectivity index (χ1) is 10.7. The molecule has 0 bridgehead atoms. The fourth-order valence-corrected chi connectivity index (χ4v) is 2.96. The zero-order valence-electron chi connectivity index (χ0n) is 14.3. The molecule has 128 valence electrons. The van der Waals surface area contributed by atoms with Crippen LogP contribution in [0, 0.1) is 0 Å². The molecule has 2 fully saturated rings. The predicted octanol–water partition coefficient (Wildman–Crippen LogP) is 0.486. The molecule has 1 saturated heterocycles. The minimum absolute atomic E-state index is 0.585. The Morgan fingerprint density at radius 1 is 1.36 bits per heavy atom. The lowest BCUT2D eigenvalue weighted by molar-refractivity contribution is 0.0377. The predicted molar refractivity (Wildman–Crippen MR) is 91.2 cm³/mol. The van der Waals surface area contributed by atoms with Crippen molar-refractivity contribution >= 4 is 5.96 Å². The van der Waals surface area contributed by atoms with E-state index < -0.39 is 0 Å². The number of nitrogens with two attached hydrogens (primary N) is 1. The number of aliphatic imine (C=N–C) groups is 1. The first-order valence-electron chi connectivity index (χ1n) is 8.76. The number of nitrogens with zero attached hydrogens (tertiary/aromatic N) is 3. The smallest absolute Gasteiger partial charge is 0.188 e. The van der Waals surface area contributed by atoms with Gasteiger partial charge in [-0.2, -0.15) is 0 Å². The van der Waals surface area contributed by atoms with E-state index in [9.17, 15) is 0 Å². The highest BCUT2D eigenvalue weighted by molar-refractivity contribution is 5.77. The molecule has 1 aliphatic heterocycles. The molecule has 1 saturated carbocycles. The van der Waals surface area contributed by atoms with Gasteiger partial charge in [-0.25, -0.2) is 0 Å². The minimum atomic E-state index is 0.585. The molecule has 6 nitrogen and oxygen atoms in total. The summed E-state index contributed by atoms with van der Waals surface area (Å²) in [5.74, 6) is 0.585. The average molecular weight is 311 g/mol. The molecular weight excluding hydrogens is 278 g/mol. The summed E-state index contributed by atoms with van der Waals surface area (Å²) in [6.45, 7) is 12.2. The largest absolute Gasteiger partial charge is 0.379 e. The third kappa shape index (κ3) is 6.50. The maximum Gasteiger partial charge on any atom is 0.188 e. The molecule has 0 amide bonds. The lowest BCUT2D eigenvalue weighted by Crippen LogP contribution is -2.42. The molecule has 1 heterocycles. The van der Waals surface area contributed by atoms with Crippen molar-refractivity contribution in [2.24, 2.45) is 10.7 Å². The number of guanidine groups is 1. The van der Waals surface area contributed by atoms with E-state index in [1.54, 1.807) is 0 Å². The van der Waals surface area contributed by atoms with Crippen LogP contribution in [0.5, 0.6) is 0 Å². The van der Waals surface area contributed by atoms with Crippen molar-refractivity contribution in [3.63, 3.8) is 0 Å². The van der Waals surface area contributed by atoms with Crippen LogP contribution >= 0.6 is 0 Å². The van der Waals surface area contributed by atoms with Crippen molar-refractivity contribution in [2.75, 3.05) is 52.5 Å². The molecule has 0 unspecified atom stereocenters. The van der Waals surface area contributed by atoms with Gasteiger partial charge in [0.05, 0.1) is 13.2 Å². The van der Waals surface area contributed by atoms with Gasteiger partial charge in [0.15, 0.2) is 5.96 Å². The number of hydrogen-bond acceptors (Lipinski definition) is 4. The Morgan fingerprint density at radius 3 is 2.73 bits per heavy atom. The molecule has 22 heavy (non-hydrogen) atoms. The van der Waals surface area contributed by atoms with E-state index in [-0.39, 0.29) is 0 Å². The first-order valence-corrected chi connectivity index (χ1v) is 8.76. The molecule has 2 rings (SSSR count). The second-order valence-corrected chi connectivity index (χ2v) is 6.56. The summed E-state index contributed by atoms with van der Waals surface area (Å²) < 4.78 is 5.34. The minimum Gasteiger partial charge on any atom is -0.379 e. The van der Waals surface area contributed by atoms with Gasteiger partial charge in [-0.1, -0.05) is 0 Å². The normalized spacial score (nSPS) is 20.8. The van der Waals surface area contributed by atoms with Gasteiger partial charge in [0, 0.05) is 51.4 Å². The van der Waals surface area contributed by atoms with Crippen molar-refractivity contribution < 1.29 is 4.74 Å². The number of morpholine rings is 1. The van der Waals surface area contributed by atoms with Crippen LogP contribution in [0.2, 0.25) is 0 Å². The maximum atomic E-state index is 5.93. The highest BCUT2D eigenvalue weighted by Gasteiger charge is 2.29. The highest BCUT2D eigenvalue weighted by Crippen LogP contribution is 2.27. The van der Waals surface area contributed by atoms with Crippen LogP contribution in [-0.2, 0) is 4.74 Å². The second kappa shape index (κ2) is 9.33. The summed E-state index contributed by atoms with van der Waals surface area (Å²) in [4.78, 5) is 9.40. The molecule has 0 aromatic rings. The lowest BCUT2D eigenvalue weighted by atomic mass is 10.3. The number of hydrogen-bond donors (Lipinski definition) is 2. The molecule has 0 aromatic carbocycles. The van der Waals surface area contributed by atoms with Gasteiger partial charge in [0.25, 0.3) is 0 Å². The fourth-order valence-electron chi connectivity index (χ4n) is 2.96. The van der Waals surface area contributed by atoms with Gasteiger partial charge in [-0.05, 0) is 33.1 Å². The van der Waals surface area contributed by atoms with Crippen LogP contribution < -0.4 is 11.1 Å². The van der Waals surface area contributed by atoms with E-state index in [0.29, 0.717) is 12.0 Å². The molecule has 0 spiro atoms. The summed E-state index contributed by atoms with van der Waals surface area (Å²) >= 11 is 0. The Labute approximate surface area is 135 Å². The molecule has 0 atom stereocenters. The van der Waals surface area contributed by atoms with Gasteiger partial charge in [0.1, 0.15) is 0 Å². The van der Waals surface area contributed by atoms with Crippen molar-refractivity contribution in [2.45, 2.75) is 45.2 Å². The Balaban J connectivity index is 1.53. The standard InChI is InChI=1S/C16H33N5O/c1-14(2)21(15-4-5-15)9-7-19-16(17)18-6-3-8-20-10-12-22-13-11-20/h14-15H,3-13H2,1-2H3,(H3,17,18,19). The zero-order valence-corrected chi connectivity index (χ0v) is 14.3. The Hall–Kier alpha value is -0.850. The zero-order chi connectivity index (χ0) is 15.8. The van der Waals surface area contributed by atoms with E-state index >= 15 is 0 Å². The van der Waals surface area contributed by atoms with Crippen molar-refractivity contribution in [1.82, 2.24) is 15.1 Å². The summed E-state index contributed by atoms with van der Waals surface area (Å²) in [5, 5.41) is 3.24. The number of ether oxygens (including phenoxy) is 1. The van der Waals surface area contributed by atoms with Crippen LogP contribution in [0.15, 0.2) is 4.99 Å². The maximum absolute atomic E-state index is 5.93. The monoisotopic (exact) mass is 311 g/mol. The fraction of sp³-hybridized carbons (Fsp3) is 0.938. The van der Waals surface area contributed by atoms with E-state index in [1.807, 2.05) is 0 Å². The third-order valence-electron chi connectivity index (χ3n) is 4.37. The summed E-state index contributed by atoms with van der Waals surface area (Å²) in [6.07, 6.45) is 3.76. The van der Waals surface area contributed by atoms with E-state index in [1.165, 1.54) is 12.8 Å². The van der Waals surface area contributed by atoms with Crippen molar-refractivity contribution in [1.29, 1.82) is 0 Å². The van der Waals surface area contributed by atoms with Crippen LogP contribution in [0.4, 0.5) is 0 Å². The van der Waals surface area contributed by atoms with Crippen molar-refractivity contribution in [3.8, 4) is 0 Å². The highest BCUT2D eigenvalue weighted by atomic mass is 16.5. The van der Waals surface area contributed by atoms with E-state index in [0.717, 1.165) is 64.9 Å². The quantitative estimate of drug-likeness (QED) is 0.368. The summed E-state index contributed by atoms with van der Waals surface area (Å²) in [7, 11) is 0. The Morgan fingerprint density at radius 2 is 2.09 bits per heavy atom. The van der Waals surface area contributed by atoms with E-state index in [2.05, 4.69) is 34.0 Å². The molecule has 2 aliphatic rings. The number of nitrogens with one attached hydrogen (secondary N) is 1. The summed E-state index contributed by atoms with van der Waals surface area (Å²) in [6, 6.07) is 1.41. The van der Waals surface area contributed by atoms with Gasteiger partial charge in [-0.3, -0.25) is 14.8 Å². The molecule has 3 N–H and O–H groups in total. The molecule has 6 heteroatoms. The van der Waals surface area contributed by atoms with Crippen LogP contribution in [0.3, 0.4) is 0 Å². The van der Waals surface area contributed by atoms with Gasteiger partial charge < -0.3 is 15.8 Å². The Bertz CT molecular complexity index is 335. The molecule has 1 aliphatic carbocycles. The summed E-state index contributed by atoms with van der Waals surface area (Å²) in [5.41, 5.74) is 5.93. The second-order valence-electron chi connectivity index (χ2n) is 6.56. The molecule has 0 aromatic heterocycles. The van der Waals surface area contributed by atoms with Crippen LogP contribution in [0.25, 0.3) is 0 Å². The molecule has 0 radical (unpaired) electrons. The van der Waals surface area contributed by atoms with E-state index in [4.69, 9.17) is 10.5 Å². The topological polar surface area (TPSA) is 66.1 Å². The third-order valence-corrected chi connectivity index (χ3v) is 4.37. The first kappa shape index (κ1) is 17.5. The van der Waals surface area contributed by atoms with Crippen LogP contribution in [0.1, 0.15) is 33.1 Å². The molecular formula is C16H33N5O. The SMILES string of the molecule is CC(C)N(CCNC(N)=NCCCN1CCOCC1)C1CC1. The lowest BCUT2D eigenvalue weighted by Gasteiger charge is -2.26. The average Bonchev–Trinajstić information content (AvgIpc) is 3.33. The van der Waals surface area contributed by atoms with Gasteiger partial charge in [-0.15, -0.1) is 0 Å². The van der Waals surface area contributed by atoms with Gasteiger partial charge in [0.2, 0.25) is 0 Å². The van der Waals surface area contributed by atoms with Gasteiger partial charge >= 0.3 is 0 Å². The van der Waals surface area contributed by atoms with Crippen LogP contribution in [-0.4, -0.2) is 80.3 Å². The Kier molecular flexibility index (Phi) is 7.42. The van der Waals surface area contributed by atoms with Crippen molar-refractivity contribution in [3.05, 3.63) is 0 Å².